The maximum atomic E-state index is 13.0. The van der Waals surface area contributed by atoms with Crippen molar-refractivity contribution in [1.29, 1.82) is 0 Å². The number of fused-ring (bicyclic) bond motifs is 8. The third kappa shape index (κ3) is 8.44. The Kier molecular flexibility index (Phi) is 12.3. The minimum absolute atomic E-state index is 0.0106. The van der Waals surface area contributed by atoms with Crippen LogP contribution in [0, 0.1) is 11.8 Å². The van der Waals surface area contributed by atoms with E-state index in [4.69, 9.17) is 9.47 Å². The van der Waals surface area contributed by atoms with Crippen LogP contribution < -0.4 is 20.1 Å². The summed E-state index contributed by atoms with van der Waals surface area (Å²) in [7, 11) is 0. The molecule has 4 aliphatic rings. The molecule has 0 spiro atoms. The standard InChI is InChI=1S/C25H29N5O3S.C21H20N4O3S/c1-3-30(7-8-31)25(32)15-5-6-18-21(11-15)34-24-22(18)23(27-14-28-24)29-19-9-16-12-26-13-17(16)10-20(19)33-4-2;1-2-28-16-6-13-9-22-8-12(13)5-15(16)25-19-18-14-4-3-11(21(26)27)7-17(14)29-20(18)24-10-23-19/h9-10,12,14-15,31H,3-8,11,13H2,1-2H3,(H,27,28,29);5-6,8,10-11H,2-4,7,9H2,1H3,(H,26,27)(H,23,24,25). The molecule has 1 amide bonds. The molecule has 2 unspecified atom stereocenters. The molecule has 326 valence electrons. The Morgan fingerprint density at radius 2 is 1.25 bits per heavy atom. The molecule has 15 nitrogen and oxygen atoms in total. The summed E-state index contributed by atoms with van der Waals surface area (Å²) in [5, 5.41) is 27.7. The van der Waals surface area contributed by atoms with Gasteiger partial charge in [-0.15, -0.1) is 22.7 Å². The van der Waals surface area contributed by atoms with E-state index in [2.05, 4.69) is 52.7 Å². The number of benzene rings is 2. The number of aromatic nitrogens is 4. The maximum absolute atomic E-state index is 13.0. The maximum Gasteiger partial charge on any atom is 0.306 e. The minimum Gasteiger partial charge on any atom is -0.492 e. The second kappa shape index (κ2) is 18.4. The fraction of sp³-hybridized carbons (Fsp3) is 0.391. The van der Waals surface area contributed by atoms with Crippen molar-refractivity contribution in [2.75, 3.05) is 43.5 Å². The summed E-state index contributed by atoms with van der Waals surface area (Å²) in [6.07, 6.45) is 11.1. The van der Waals surface area contributed by atoms with Crippen molar-refractivity contribution in [3.8, 4) is 11.5 Å². The zero-order valence-electron chi connectivity index (χ0n) is 35.4. The minimum atomic E-state index is -0.723. The van der Waals surface area contributed by atoms with Gasteiger partial charge < -0.3 is 35.2 Å². The number of aliphatic hydroxyl groups excluding tert-OH is 1. The summed E-state index contributed by atoms with van der Waals surface area (Å²) in [4.78, 5) is 57.1. The summed E-state index contributed by atoms with van der Waals surface area (Å²) >= 11 is 3.22. The van der Waals surface area contributed by atoms with Crippen molar-refractivity contribution < 1.29 is 29.3 Å². The van der Waals surface area contributed by atoms with Gasteiger partial charge in [0.25, 0.3) is 0 Å². The number of hydrogen-bond donors (Lipinski definition) is 4. The second-order valence-electron chi connectivity index (χ2n) is 15.8. The first kappa shape index (κ1) is 42.3. The number of hydrogen-bond acceptors (Lipinski definition) is 15. The van der Waals surface area contributed by atoms with Crippen LogP contribution in [-0.2, 0) is 48.4 Å². The van der Waals surface area contributed by atoms with Crippen molar-refractivity contribution in [2.24, 2.45) is 21.8 Å². The van der Waals surface area contributed by atoms with Crippen LogP contribution in [0.4, 0.5) is 23.0 Å². The third-order valence-corrected chi connectivity index (χ3v) is 14.3. The fourth-order valence-corrected chi connectivity index (χ4v) is 11.4. The number of nitrogens with zero attached hydrogens (tertiary/aromatic N) is 7. The Morgan fingerprint density at radius 3 is 1.73 bits per heavy atom. The van der Waals surface area contributed by atoms with Gasteiger partial charge in [0, 0.05) is 41.2 Å². The number of aliphatic carboxylic acids is 1. The van der Waals surface area contributed by atoms with E-state index in [-0.39, 0.29) is 24.3 Å². The van der Waals surface area contributed by atoms with Gasteiger partial charge in [-0.2, -0.15) is 0 Å². The molecule has 17 heteroatoms. The smallest absolute Gasteiger partial charge is 0.306 e. The number of aliphatic hydroxyl groups is 1. The molecule has 0 saturated heterocycles. The average Bonchev–Trinajstić information content (AvgIpc) is 4.10. The Hall–Kier alpha value is -6.04. The number of aliphatic imine (C=N–C) groups is 2. The highest BCUT2D eigenvalue weighted by atomic mass is 32.1. The van der Waals surface area contributed by atoms with E-state index in [0.717, 1.165) is 101 Å². The van der Waals surface area contributed by atoms with Crippen molar-refractivity contribution in [3.05, 3.63) is 80.1 Å². The molecule has 2 aliphatic heterocycles. The lowest BCUT2D eigenvalue weighted by molar-refractivity contribution is -0.142. The van der Waals surface area contributed by atoms with Crippen LogP contribution in [0.25, 0.3) is 20.4 Å². The molecular weight excluding hydrogens is 839 g/mol. The summed E-state index contributed by atoms with van der Waals surface area (Å²) in [5.41, 5.74) is 8.60. The Labute approximate surface area is 372 Å². The van der Waals surface area contributed by atoms with E-state index in [9.17, 15) is 19.8 Å². The largest absolute Gasteiger partial charge is 0.492 e. The molecule has 2 atom stereocenters. The van der Waals surface area contributed by atoms with Crippen LogP contribution >= 0.6 is 22.7 Å². The van der Waals surface area contributed by atoms with E-state index in [1.165, 1.54) is 16.0 Å². The predicted molar refractivity (Wildman–Crippen MR) is 247 cm³/mol. The number of carbonyl (C=O) groups is 2. The highest BCUT2D eigenvalue weighted by Gasteiger charge is 2.32. The highest BCUT2D eigenvalue weighted by Crippen LogP contribution is 2.44. The molecule has 2 aliphatic carbocycles. The van der Waals surface area contributed by atoms with Crippen molar-refractivity contribution >= 4 is 90.4 Å². The summed E-state index contributed by atoms with van der Waals surface area (Å²) in [6.45, 7) is 9.38. The number of ether oxygens (including phenoxy) is 2. The predicted octanol–water partition coefficient (Wildman–Crippen LogP) is 7.67. The monoisotopic (exact) mass is 887 g/mol. The number of likely N-dealkylation sites (N-methyl/N-ethyl adjacent to an activating group) is 1. The Morgan fingerprint density at radius 1 is 0.746 bits per heavy atom. The summed E-state index contributed by atoms with van der Waals surface area (Å²) < 4.78 is 11.8. The molecule has 10 rings (SSSR count). The number of amides is 1. The molecule has 2 aromatic carbocycles. The topological polar surface area (TPSA) is 197 Å². The number of carbonyl (C=O) groups excluding carboxylic acids is 1. The molecule has 6 aromatic rings. The van der Waals surface area contributed by atoms with E-state index in [1.807, 2.05) is 45.3 Å². The number of aryl methyl sites for hydroxylation is 2. The van der Waals surface area contributed by atoms with Gasteiger partial charge in [-0.1, -0.05) is 0 Å². The Balaban J connectivity index is 0.000000162. The number of thiophene rings is 2. The van der Waals surface area contributed by atoms with Crippen LogP contribution in [0.3, 0.4) is 0 Å². The molecule has 0 fully saturated rings. The van der Waals surface area contributed by atoms with Gasteiger partial charge in [0.1, 0.15) is 45.5 Å². The van der Waals surface area contributed by atoms with Gasteiger partial charge in [0.2, 0.25) is 5.91 Å². The zero-order chi connectivity index (χ0) is 43.6. The normalized spacial score (nSPS) is 16.8. The first-order chi connectivity index (χ1) is 30.8. The number of anilines is 4. The summed E-state index contributed by atoms with van der Waals surface area (Å²) in [6, 6.07) is 8.20. The van der Waals surface area contributed by atoms with Gasteiger partial charge in [0.15, 0.2) is 0 Å². The first-order valence-electron chi connectivity index (χ1n) is 21.5. The summed E-state index contributed by atoms with van der Waals surface area (Å²) in [5.74, 6) is 2.09. The number of carboxylic acid groups (broad SMARTS) is 1. The molecule has 63 heavy (non-hydrogen) atoms. The Bertz CT molecular complexity index is 2780. The van der Waals surface area contributed by atoms with Gasteiger partial charge in [-0.25, -0.2) is 19.9 Å². The van der Waals surface area contributed by atoms with E-state index in [1.54, 1.807) is 40.2 Å². The molecule has 0 saturated carbocycles. The molecular formula is C46H49N9O6S2. The van der Waals surface area contributed by atoms with E-state index in [0.29, 0.717) is 58.7 Å². The highest BCUT2D eigenvalue weighted by molar-refractivity contribution is 7.19. The first-order valence-corrected chi connectivity index (χ1v) is 23.2. The van der Waals surface area contributed by atoms with Crippen LogP contribution in [-0.4, -0.2) is 92.3 Å². The number of rotatable bonds is 13. The lowest BCUT2D eigenvalue weighted by Crippen LogP contribution is -2.39. The SMILES string of the molecule is CCOc1cc2c(cc1Nc1ncnc3sc4c(c13)CCC(C(=O)N(CC)CCO)C4)C=NC2.CCOc1cc2c(cc1Nc1ncnc3sc4c(c13)CCC(C(=O)O)C4)C=NC2. The van der Waals surface area contributed by atoms with Crippen LogP contribution in [0.15, 0.2) is 46.9 Å². The third-order valence-electron chi connectivity index (χ3n) is 12.0. The van der Waals surface area contributed by atoms with E-state index >= 15 is 0 Å². The zero-order valence-corrected chi connectivity index (χ0v) is 37.1. The second-order valence-corrected chi connectivity index (χ2v) is 18.0. The molecule has 4 aromatic heterocycles. The molecule has 4 N–H and O–H groups in total. The van der Waals surface area contributed by atoms with E-state index < -0.39 is 5.97 Å². The van der Waals surface area contributed by atoms with Crippen molar-refractivity contribution in [2.45, 2.75) is 72.4 Å². The van der Waals surface area contributed by atoms with Gasteiger partial charge in [0.05, 0.1) is 61.0 Å². The van der Waals surface area contributed by atoms with Gasteiger partial charge in [-0.05, 0) is 117 Å². The fourth-order valence-electron chi connectivity index (χ4n) is 8.91. The van der Waals surface area contributed by atoms with Gasteiger partial charge >= 0.3 is 5.97 Å². The van der Waals surface area contributed by atoms with Crippen molar-refractivity contribution in [1.82, 2.24) is 24.8 Å². The average molecular weight is 888 g/mol. The lowest BCUT2D eigenvalue weighted by Gasteiger charge is -2.28. The number of carboxylic acids is 1. The molecule has 6 heterocycles. The lowest BCUT2D eigenvalue weighted by atomic mass is 9.87. The molecule has 0 bridgehead atoms. The van der Waals surface area contributed by atoms with Crippen molar-refractivity contribution in [3.63, 3.8) is 0 Å². The quantitative estimate of drug-likeness (QED) is 0.0885. The van der Waals surface area contributed by atoms with Crippen LogP contribution in [0.1, 0.15) is 76.7 Å². The molecule has 0 radical (unpaired) electrons. The van der Waals surface area contributed by atoms with Crippen LogP contribution in [0.2, 0.25) is 0 Å². The number of nitrogens with one attached hydrogen (secondary N) is 2. The van der Waals surface area contributed by atoms with Crippen LogP contribution in [0.5, 0.6) is 11.5 Å². The van der Waals surface area contributed by atoms with Gasteiger partial charge in [-0.3, -0.25) is 19.6 Å².